The fraction of sp³-hybridized carbons (Fsp3) is 0.0714. The highest BCUT2D eigenvalue weighted by Gasteiger charge is 2.09. The maximum atomic E-state index is 12.0. The molecule has 2 rings (SSSR count). The third-order valence-electron chi connectivity index (χ3n) is 2.89. The van der Waals surface area contributed by atoms with E-state index in [-0.39, 0.29) is 16.3 Å². The minimum absolute atomic E-state index is 0.102. The Labute approximate surface area is 126 Å². The third kappa shape index (κ3) is 3.67. The quantitative estimate of drug-likeness (QED) is 0.282. The Balaban J connectivity index is 2.26. The number of non-ortho nitro benzene ring substituents is 1. The minimum atomic E-state index is -3.28. The SMILES string of the molecule is CS(=O)(=O)c1ccc(C=[N+]([O-])c2ccc([N+](=O)[O-])cc2)cc1. The highest BCUT2D eigenvalue weighted by atomic mass is 32.2. The number of hydrogen-bond donors (Lipinski definition) is 0. The average Bonchev–Trinajstić information content (AvgIpc) is 2.47. The van der Waals surface area contributed by atoms with Crippen LogP contribution in [0.1, 0.15) is 5.56 Å². The summed E-state index contributed by atoms with van der Waals surface area (Å²) in [6.07, 6.45) is 2.36. The van der Waals surface area contributed by atoms with Crippen molar-refractivity contribution in [1.29, 1.82) is 0 Å². The van der Waals surface area contributed by atoms with E-state index in [0.717, 1.165) is 6.26 Å². The molecule has 0 saturated carbocycles. The van der Waals surface area contributed by atoms with Crippen molar-refractivity contribution in [3.8, 4) is 0 Å². The molecule has 0 radical (unpaired) electrons. The molecular weight excluding hydrogens is 308 g/mol. The van der Waals surface area contributed by atoms with Crippen LogP contribution in [0.3, 0.4) is 0 Å². The Morgan fingerprint density at radius 2 is 1.41 bits per heavy atom. The number of benzene rings is 2. The average molecular weight is 320 g/mol. The summed E-state index contributed by atoms with van der Waals surface area (Å²) in [5.74, 6) is 0. The van der Waals surface area contributed by atoms with Crippen LogP contribution >= 0.6 is 0 Å². The monoisotopic (exact) mass is 320 g/mol. The van der Waals surface area contributed by atoms with Crippen molar-refractivity contribution in [3.63, 3.8) is 0 Å². The molecule has 0 spiro atoms. The predicted molar refractivity (Wildman–Crippen MR) is 81.1 cm³/mol. The fourth-order valence-corrected chi connectivity index (χ4v) is 2.36. The molecule has 0 unspecified atom stereocenters. The first kappa shape index (κ1) is 15.6. The molecule has 0 saturated heterocycles. The van der Waals surface area contributed by atoms with E-state index >= 15 is 0 Å². The molecule has 114 valence electrons. The molecule has 0 fully saturated rings. The van der Waals surface area contributed by atoms with Crippen LogP contribution in [0, 0.1) is 15.3 Å². The van der Waals surface area contributed by atoms with Crippen LogP contribution in [0.2, 0.25) is 0 Å². The van der Waals surface area contributed by atoms with Crippen molar-refractivity contribution < 1.29 is 18.1 Å². The van der Waals surface area contributed by atoms with E-state index in [0.29, 0.717) is 10.3 Å². The summed E-state index contributed by atoms with van der Waals surface area (Å²) in [5, 5.41) is 22.5. The molecule has 2 aromatic rings. The van der Waals surface area contributed by atoms with E-state index in [1.54, 1.807) is 0 Å². The maximum absolute atomic E-state index is 12.0. The van der Waals surface area contributed by atoms with Gasteiger partial charge in [0.1, 0.15) is 0 Å². The van der Waals surface area contributed by atoms with Gasteiger partial charge in [0.05, 0.1) is 9.82 Å². The second kappa shape index (κ2) is 5.94. The lowest BCUT2D eigenvalue weighted by Crippen LogP contribution is -2.00. The molecule has 0 bridgehead atoms. The van der Waals surface area contributed by atoms with Gasteiger partial charge in [0.15, 0.2) is 16.1 Å². The molecule has 8 heteroatoms. The Hall–Kier alpha value is -2.74. The van der Waals surface area contributed by atoms with Crippen LogP contribution < -0.4 is 0 Å². The summed E-state index contributed by atoms with van der Waals surface area (Å²) in [4.78, 5) is 10.2. The van der Waals surface area contributed by atoms with Gasteiger partial charge in [-0.2, -0.15) is 4.74 Å². The van der Waals surface area contributed by atoms with Crippen LogP contribution in [0.4, 0.5) is 11.4 Å². The van der Waals surface area contributed by atoms with Gasteiger partial charge >= 0.3 is 0 Å². The van der Waals surface area contributed by atoms with Crippen molar-refractivity contribution in [1.82, 2.24) is 0 Å². The fourth-order valence-electron chi connectivity index (χ4n) is 1.73. The summed E-state index contributed by atoms with van der Waals surface area (Å²) in [6, 6.07) is 11.0. The van der Waals surface area contributed by atoms with Crippen molar-refractivity contribution in [3.05, 3.63) is 69.4 Å². The number of hydrogen-bond acceptors (Lipinski definition) is 5. The summed E-state index contributed by atoms with van der Waals surface area (Å²) >= 11 is 0. The zero-order valence-corrected chi connectivity index (χ0v) is 12.4. The molecule has 0 aliphatic rings. The number of nitrogens with zero attached hydrogens (tertiary/aromatic N) is 2. The number of nitro benzene ring substituents is 1. The van der Waals surface area contributed by atoms with E-state index in [1.165, 1.54) is 54.7 Å². The second-order valence-electron chi connectivity index (χ2n) is 4.57. The first-order chi connectivity index (χ1) is 10.3. The summed E-state index contributed by atoms with van der Waals surface area (Å²) < 4.78 is 23.2. The highest BCUT2D eigenvalue weighted by molar-refractivity contribution is 7.90. The van der Waals surface area contributed by atoms with Gasteiger partial charge in [0.2, 0.25) is 5.69 Å². The Bertz CT molecular complexity index is 825. The maximum Gasteiger partial charge on any atom is 0.269 e. The molecule has 7 nitrogen and oxygen atoms in total. The Kier molecular flexibility index (Phi) is 4.22. The minimum Gasteiger partial charge on any atom is -0.618 e. The number of nitro groups is 1. The van der Waals surface area contributed by atoms with E-state index in [1.807, 2.05) is 0 Å². The Morgan fingerprint density at radius 1 is 0.909 bits per heavy atom. The lowest BCUT2D eigenvalue weighted by atomic mass is 10.2. The highest BCUT2D eigenvalue weighted by Crippen LogP contribution is 2.17. The Morgan fingerprint density at radius 3 is 1.86 bits per heavy atom. The van der Waals surface area contributed by atoms with Gasteiger partial charge in [-0.25, -0.2) is 8.42 Å². The van der Waals surface area contributed by atoms with Gasteiger partial charge in [0, 0.05) is 36.1 Å². The van der Waals surface area contributed by atoms with Crippen molar-refractivity contribution >= 4 is 27.4 Å². The lowest BCUT2D eigenvalue weighted by molar-refractivity contribution is -0.385. The smallest absolute Gasteiger partial charge is 0.269 e. The van der Waals surface area contributed by atoms with Crippen LogP contribution in [-0.2, 0) is 9.84 Å². The lowest BCUT2D eigenvalue weighted by Gasteiger charge is -2.03. The number of sulfone groups is 1. The van der Waals surface area contributed by atoms with Crippen LogP contribution in [0.5, 0.6) is 0 Å². The molecule has 0 N–H and O–H groups in total. The molecule has 0 aliphatic heterocycles. The van der Waals surface area contributed by atoms with Crippen molar-refractivity contribution in [2.75, 3.05) is 6.26 Å². The van der Waals surface area contributed by atoms with Gasteiger partial charge in [-0.3, -0.25) is 10.1 Å². The predicted octanol–water partition coefficient (Wildman–Crippen LogP) is 2.26. The molecule has 0 aliphatic carbocycles. The van der Waals surface area contributed by atoms with Gasteiger partial charge in [-0.05, 0) is 24.3 Å². The summed E-state index contributed by atoms with van der Waals surface area (Å²) in [7, 11) is -3.28. The molecular formula is C14H12N2O5S. The van der Waals surface area contributed by atoms with Gasteiger partial charge in [0.25, 0.3) is 5.69 Å². The van der Waals surface area contributed by atoms with E-state index in [9.17, 15) is 23.7 Å². The van der Waals surface area contributed by atoms with Crippen molar-refractivity contribution in [2.45, 2.75) is 4.90 Å². The molecule has 22 heavy (non-hydrogen) atoms. The van der Waals surface area contributed by atoms with E-state index in [4.69, 9.17) is 0 Å². The molecule has 0 heterocycles. The zero-order chi connectivity index (χ0) is 16.3. The van der Waals surface area contributed by atoms with E-state index < -0.39 is 14.8 Å². The molecule has 2 aromatic carbocycles. The molecule has 0 aromatic heterocycles. The summed E-state index contributed by atoms with van der Waals surface area (Å²) in [6.45, 7) is 0. The normalized spacial score (nSPS) is 12.1. The molecule has 0 atom stereocenters. The number of rotatable bonds is 4. The zero-order valence-electron chi connectivity index (χ0n) is 11.5. The van der Waals surface area contributed by atoms with Crippen LogP contribution in [0.25, 0.3) is 0 Å². The van der Waals surface area contributed by atoms with E-state index in [2.05, 4.69) is 0 Å². The first-order valence-corrected chi connectivity index (χ1v) is 8.02. The summed E-state index contributed by atoms with van der Waals surface area (Å²) in [5.41, 5.74) is 0.646. The van der Waals surface area contributed by atoms with Gasteiger partial charge in [-0.15, -0.1) is 0 Å². The third-order valence-corrected chi connectivity index (χ3v) is 4.02. The second-order valence-corrected chi connectivity index (χ2v) is 6.59. The largest absolute Gasteiger partial charge is 0.618 e. The standard InChI is InChI=1S/C14H12N2O5S/c1-22(20,21)14-8-2-11(3-9-14)10-15(17)12-4-6-13(7-5-12)16(18)19/h2-10H,1H3. The van der Waals surface area contributed by atoms with Gasteiger partial charge < -0.3 is 5.21 Å². The van der Waals surface area contributed by atoms with Crippen molar-refractivity contribution in [2.24, 2.45) is 0 Å². The molecule has 0 amide bonds. The first-order valence-electron chi connectivity index (χ1n) is 6.13. The topological polar surface area (TPSA) is 103 Å². The van der Waals surface area contributed by atoms with Crippen LogP contribution in [-0.4, -0.2) is 30.6 Å². The van der Waals surface area contributed by atoms with Crippen LogP contribution in [0.15, 0.2) is 53.4 Å². The van der Waals surface area contributed by atoms with Gasteiger partial charge in [-0.1, -0.05) is 0 Å².